The molecule has 1 heterocycles. The summed E-state index contributed by atoms with van der Waals surface area (Å²) in [6.07, 6.45) is 1.13. The zero-order chi connectivity index (χ0) is 33.6. The molecule has 13 nitrogen and oxygen atoms in total. The Bertz CT molecular complexity index is 1420. The highest BCUT2D eigenvalue weighted by Gasteiger charge is 2.37. The van der Waals surface area contributed by atoms with Crippen molar-refractivity contribution in [2.24, 2.45) is 0 Å². The Labute approximate surface area is 275 Å². The zero-order valence-electron chi connectivity index (χ0n) is 24.8. The third kappa shape index (κ3) is 10.6. The molecule has 2 aromatic carbocycles. The summed E-state index contributed by atoms with van der Waals surface area (Å²) in [5, 5.41) is 16.4. The number of ether oxygens (including phenoxy) is 1. The number of amides is 4. The second-order valence-electron chi connectivity index (χ2n) is 10.4. The van der Waals surface area contributed by atoms with Crippen LogP contribution in [0, 0.1) is 0 Å². The summed E-state index contributed by atoms with van der Waals surface area (Å²) in [4.78, 5) is 87.1. The standard InChI is InChI=1S/C31H34Cl2N4O9/c32-21-9-4-10-22(33)29(21)31(45)46-18-25(39)23(17-28(42)43)35-30(44)24-11-6-16-36(37(24)19-38)27(41)12-5-15-34-26(40)14-13-20-7-2-1-3-8-20/h1-4,7-10,19,23-24H,5-6,11-18H2,(H,34,40)(H,35,44)(H,42,43)/t23-,24-/m0/s1. The van der Waals surface area contributed by atoms with E-state index in [-0.39, 0.29) is 47.4 Å². The molecule has 0 aromatic heterocycles. The van der Waals surface area contributed by atoms with Gasteiger partial charge < -0.3 is 20.5 Å². The van der Waals surface area contributed by atoms with Crippen molar-refractivity contribution < 1.29 is 43.4 Å². The molecule has 0 bridgehead atoms. The molecular formula is C31H34Cl2N4O9. The molecule has 15 heteroatoms. The quantitative estimate of drug-likeness (QED) is 0.137. The third-order valence-corrected chi connectivity index (χ3v) is 7.74. The van der Waals surface area contributed by atoms with Crippen molar-refractivity contribution in [2.45, 2.75) is 57.0 Å². The Morgan fingerprint density at radius 3 is 2.35 bits per heavy atom. The van der Waals surface area contributed by atoms with Crippen LogP contribution in [-0.2, 0) is 39.9 Å². The van der Waals surface area contributed by atoms with Gasteiger partial charge in [-0.05, 0) is 43.4 Å². The molecule has 246 valence electrons. The zero-order valence-corrected chi connectivity index (χ0v) is 26.3. The number of rotatable bonds is 16. The monoisotopic (exact) mass is 676 g/mol. The molecule has 0 aliphatic carbocycles. The lowest BCUT2D eigenvalue weighted by Crippen LogP contribution is -2.60. The van der Waals surface area contributed by atoms with E-state index in [2.05, 4.69) is 10.6 Å². The first-order valence-corrected chi connectivity index (χ1v) is 15.3. The summed E-state index contributed by atoms with van der Waals surface area (Å²) >= 11 is 12.0. The number of benzene rings is 2. The van der Waals surface area contributed by atoms with Crippen molar-refractivity contribution in [3.05, 3.63) is 69.7 Å². The average molecular weight is 678 g/mol. The predicted octanol–water partition coefficient (Wildman–Crippen LogP) is 2.57. The summed E-state index contributed by atoms with van der Waals surface area (Å²) in [5.41, 5.74) is 0.850. The summed E-state index contributed by atoms with van der Waals surface area (Å²) in [7, 11) is 0. The Hall–Kier alpha value is -4.49. The van der Waals surface area contributed by atoms with Crippen LogP contribution in [0.4, 0.5) is 0 Å². The van der Waals surface area contributed by atoms with E-state index >= 15 is 0 Å². The van der Waals surface area contributed by atoms with E-state index in [4.69, 9.17) is 27.9 Å². The van der Waals surface area contributed by atoms with E-state index in [1.165, 1.54) is 18.2 Å². The van der Waals surface area contributed by atoms with Crippen LogP contribution in [0.25, 0.3) is 0 Å². The molecule has 4 amide bonds. The van der Waals surface area contributed by atoms with Crippen molar-refractivity contribution in [3.63, 3.8) is 0 Å². The van der Waals surface area contributed by atoms with Crippen LogP contribution in [0.2, 0.25) is 10.0 Å². The molecule has 0 spiro atoms. The lowest BCUT2D eigenvalue weighted by Gasteiger charge is -2.41. The first-order valence-electron chi connectivity index (χ1n) is 14.5. The highest BCUT2D eigenvalue weighted by molar-refractivity contribution is 6.39. The fourth-order valence-electron chi connectivity index (χ4n) is 4.76. The molecule has 0 saturated carbocycles. The number of esters is 1. The lowest BCUT2D eigenvalue weighted by molar-refractivity contribution is -0.170. The van der Waals surface area contributed by atoms with Gasteiger partial charge >= 0.3 is 11.9 Å². The number of carboxylic acids is 1. The van der Waals surface area contributed by atoms with Crippen LogP contribution in [-0.4, -0.2) is 88.8 Å². The van der Waals surface area contributed by atoms with Gasteiger partial charge in [-0.2, -0.15) is 0 Å². The number of nitrogens with one attached hydrogen (secondary N) is 2. The van der Waals surface area contributed by atoms with Crippen LogP contribution in [0.1, 0.15) is 54.4 Å². The number of aliphatic carboxylic acids is 1. The van der Waals surface area contributed by atoms with Gasteiger partial charge in [0.05, 0.1) is 22.0 Å². The molecule has 1 saturated heterocycles. The average Bonchev–Trinajstić information content (AvgIpc) is 3.03. The van der Waals surface area contributed by atoms with E-state index in [9.17, 15) is 38.7 Å². The van der Waals surface area contributed by atoms with Gasteiger partial charge in [0.1, 0.15) is 12.1 Å². The Morgan fingerprint density at radius 1 is 1.00 bits per heavy atom. The molecule has 0 radical (unpaired) electrons. The highest BCUT2D eigenvalue weighted by Crippen LogP contribution is 2.25. The molecule has 2 atom stereocenters. The normalized spacial score (nSPS) is 15.0. The smallest absolute Gasteiger partial charge is 0.341 e. The number of carboxylic acid groups (broad SMARTS) is 1. The third-order valence-electron chi connectivity index (χ3n) is 7.11. The molecule has 46 heavy (non-hydrogen) atoms. The number of hydrazine groups is 1. The first-order chi connectivity index (χ1) is 22.0. The predicted molar refractivity (Wildman–Crippen MR) is 166 cm³/mol. The second-order valence-corrected chi connectivity index (χ2v) is 11.2. The second kappa shape index (κ2) is 17.9. The maximum Gasteiger partial charge on any atom is 0.341 e. The van der Waals surface area contributed by atoms with Crippen molar-refractivity contribution >= 4 is 65.1 Å². The number of hydrogen-bond donors (Lipinski definition) is 3. The van der Waals surface area contributed by atoms with Crippen molar-refractivity contribution in [2.75, 3.05) is 19.7 Å². The highest BCUT2D eigenvalue weighted by atomic mass is 35.5. The van der Waals surface area contributed by atoms with Crippen molar-refractivity contribution in [1.29, 1.82) is 0 Å². The number of carbonyl (C=O) groups is 7. The SMILES string of the molecule is O=CN1[C@H](C(=O)N[C@@H](CC(=O)O)C(=O)COC(=O)c2c(Cl)cccc2Cl)CCCN1C(=O)CCCNC(=O)CCc1ccccc1. The fraction of sp³-hybridized carbons (Fsp3) is 0.387. The van der Waals surface area contributed by atoms with E-state index in [1.807, 2.05) is 30.3 Å². The minimum atomic E-state index is -1.61. The topological polar surface area (TPSA) is 179 Å². The fourth-order valence-corrected chi connectivity index (χ4v) is 5.31. The van der Waals surface area contributed by atoms with Gasteiger partial charge in [-0.15, -0.1) is 0 Å². The molecule has 1 aliphatic heterocycles. The Balaban J connectivity index is 1.53. The van der Waals surface area contributed by atoms with E-state index in [1.54, 1.807) is 0 Å². The summed E-state index contributed by atoms with van der Waals surface area (Å²) in [6, 6.07) is 11.0. The van der Waals surface area contributed by atoms with Crippen LogP contribution in [0.5, 0.6) is 0 Å². The van der Waals surface area contributed by atoms with Crippen LogP contribution in [0.15, 0.2) is 48.5 Å². The van der Waals surface area contributed by atoms with E-state index in [0.29, 0.717) is 32.1 Å². The van der Waals surface area contributed by atoms with Crippen LogP contribution >= 0.6 is 23.2 Å². The van der Waals surface area contributed by atoms with E-state index in [0.717, 1.165) is 15.6 Å². The van der Waals surface area contributed by atoms with Gasteiger partial charge in [0.15, 0.2) is 12.4 Å². The molecule has 1 fully saturated rings. The lowest BCUT2D eigenvalue weighted by atomic mass is 10.0. The molecular weight excluding hydrogens is 643 g/mol. The molecule has 1 aliphatic rings. The first kappa shape index (κ1) is 36.0. The Kier molecular flexibility index (Phi) is 14.0. The van der Waals surface area contributed by atoms with Gasteiger partial charge in [-0.1, -0.05) is 59.6 Å². The summed E-state index contributed by atoms with van der Waals surface area (Å²) < 4.78 is 4.98. The molecule has 3 rings (SSSR count). The van der Waals surface area contributed by atoms with Gasteiger partial charge in [0.2, 0.25) is 24.1 Å². The largest absolute Gasteiger partial charge is 0.481 e. The number of aryl methyl sites for hydroxylation is 1. The molecule has 2 aromatic rings. The minimum absolute atomic E-state index is 0.0153. The number of carbonyl (C=O) groups excluding carboxylic acids is 6. The van der Waals surface area contributed by atoms with Gasteiger partial charge in [-0.3, -0.25) is 33.8 Å². The Morgan fingerprint density at radius 2 is 1.70 bits per heavy atom. The minimum Gasteiger partial charge on any atom is -0.481 e. The number of halogens is 2. The van der Waals surface area contributed by atoms with Gasteiger partial charge in [-0.25, -0.2) is 9.80 Å². The number of ketones is 1. The number of Topliss-reactive ketones (excluding diaryl/α,β-unsaturated/α-hetero) is 1. The summed E-state index contributed by atoms with van der Waals surface area (Å²) in [5.74, 6) is -4.85. The van der Waals surface area contributed by atoms with E-state index < -0.39 is 54.6 Å². The molecule has 0 unspecified atom stereocenters. The van der Waals surface area contributed by atoms with Crippen LogP contribution in [0.3, 0.4) is 0 Å². The maximum atomic E-state index is 13.2. The van der Waals surface area contributed by atoms with Crippen molar-refractivity contribution in [1.82, 2.24) is 20.7 Å². The van der Waals surface area contributed by atoms with Crippen LogP contribution < -0.4 is 10.6 Å². The maximum absolute atomic E-state index is 13.2. The molecule has 3 N–H and O–H groups in total. The summed E-state index contributed by atoms with van der Waals surface area (Å²) in [6.45, 7) is -0.499. The number of hydrogen-bond acceptors (Lipinski definition) is 8. The van der Waals surface area contributed by atoms with Crippen molar-refractivity contribution in [3.8, 4) is 0 Å². The van der Waals surface area contributed by atoms with Gasteiger partial charge in [0.25, 0.3) is 0 Å². The van der Waals surface area contributed by atoms with Gasteiger partial charge in [0, 0.05) is 25.9 Å². The number of nitrogens with zero attached hydrogens (tertiary/aromatic N) is 2.